The Morgan fingerprint density at radius 3 is 2.41 bits per heavy atom. The quantitative estimate of drug-likeness (QED) is 0.541. The van der Waals surface area contributed by atoms with Gasteiger partial charge in [-0.05, 0) is 58.1 Å². The fourth-order valence-electron chi connectivity index (χ4n) is 4.17. The van der Waals surface area contributed by atoms with Crippen molar-refractivity contribution in [3.63, 3.8) is 0 Å². The van der Waals surface area contributed by atoms with Crippen LogP contribution in [0.1, 0.15) is 37.3 Å². The number of piperidine rings is 1. The van der Waals surface area contributed by atoms with E-state index in [1.165, 1.54) is 43.5 Å². The van der Waals surface area contributed by atoms with Crippen molar-refractivity contribution in [3.8, 4) is 0 Å². The van der Waals surface area contributed by atoms with Crippen molar-refractivity contribution in [1.29, 1.82) is 0 Å². The van der Waals surface area contributed by atoms with E-state index in [2.05, 4.69) is 70.6 Å². The van der Waals surface area contributed by atoms with Crippen LogP contribution in [0.2, 0.25) is 0 Å². The van der Waals surface area contributed by atoms with E-state index in [-0.39, 0.29) is 0 Å². The van der Waals surface area contributed by atoms with Crippen LogP contribution < -0.4 is 10.6 Å². The predicted molar refractivity (Wildman–Crippen MR) is 122 cm³/mol. The summed E-state index contributed by atoms with van der Waals surface area (Å²) in [6.07, 6.45) is 4.09. The van der Waals surface area contributed by atoms with Crippen molar-refractivity contribution < 1.29 is 0 Å². The van der Waals surface area contributed by atoms with Crippen molar-refractivity contribution in [1.82, 2.24) is 25.3 Å². The van der Waals surface area contributed by atoms with E-state index >= 15 is 0 Å². The molecule has 0 aliphatic carbocycles. The van der Waals surface area contributed by atoms with E-state index < -0.39 is 0 Å². The molecule has 2 aliphatic heterocycles. The molecule has 6 heteroatoms. The fraction of sp³-hybridized carbons (Fsp3) is 0.696. The molecule has 162 valence electrons. The number of rotatable bonds is 7. The van der Waals surface area contributed by atoms with Crippen molar-refractivity contribution in [2.75, 3.05) is 59.9 Å². The summed E-state index contributed by atoms with van der Waals surface area (Å²) in [6.45, 7) is 11.6. The van der Waals surface area contributed by atoms with Gasteiger partial charge in [0, 0.05) is 45.3 Å². The molecule has 1 aromatic carbocycles. The minimum absolute atomic E-state index is 0.520. The van der Waals surface area contributed by atoms with Crippen LogP contribution in [0, 0.1) is 0 Å². The first-order chi connectivity index (χ1) is 14.1. The predicted octanol–water partition coefficient (Wildman–Crippen LogP) is 1.97. The first-order valence-corrected chi connectivity index (χ1v) is 11.3. The maximum atomic E-state index is 4.81. The van der Waals surface area contributed by atoms with Gasteiger partial charge < -0.3 is 15.5 Å². The van der Waals surface area contributed by atoms with Crippen molar-refractivity contribution in [2.45, 2.75) is 45.3 Å². The molecule has 0 bridgehead atoms. The van der Waals surface area contributed by atoms with Gasteiger partial charge in [-0.3, -0.25) is 9.80 Å². The zero-order valence-electron chi connectivity index (χ0n) is 18.7. The summed E-state index contributed by atoms with van der Waals surface area (Å²) in [6, 6.07) is 9.53. The summed E-state index contributed by atoms with van der Waals surface area (Å²) in [5.41, 5.74) is 2.67. The van der Waals surface area contributed by atoms with Crippen LogP contribution in [0.3, 0.4) is 0 Å². The smallest absolute Gasteiger partial charge is 0.191 e. The van der Waals surface area contributed by atoms with E-state index in [1.54, 1.807) is 0 Å². The second-order valence-electron chi connectivity index (χ2n) is 8.63. The molecule has 2 aliphatic rings. The highest BCUT2D eigenvalue weighted by molar-refractivity contribution is 5.79. The first kappa shape index (κ1) is 22.1. The van der Waals surface area contributed by atoms with Crippen LogP contribution in [0.25, 0.3) is 0 Å². The Morgan fingerprint density at radius 1 is 0.966 bits per heavy atom. The Hall–Kier alpha value is -1.63. The van der Waals surface area contributed by atoms with E-state index in [0.717, 1.165) is 45.2 Å². The minimum atomic E-state index is 0.520. The summed E-state index contributed by atoms with van der Waals surface area (Å²) in [5, 5.41) is 6.93. The van der Waals surface area contributed by atoms with Crippen LogP contribution in [0.4, 0.5) is 0 Å². The molecule has 6 nitrogen and oxygen atoms in total. The number of nitrogens with zero attached hydrogens (tertiary/aromatic N) is 4. The Labute approximate surface area is 177 Å². The average molecular weight is 401 g/mol. The van der Waals surface area contributed by atoms with Gasteiger partial charge in [0.1, 0.15) is 0 Å². The molecule has 0 radical (unpaired) electrons. The van der Waals surface area contributed by atoms with E-state index in [0.29, 0.717) is 12.6 Å². The lowest BCUT2D eigenvalue weighted by molar-refractivity contribution is 0.116. The van der Waals surface area contributed by atoms with Gasteiger partial charge in [0.25, 0.3) is 0 Å². The van der Waals surface area contributed by atoms with Crippen LogP contribution >= 0.6 is 0 Å². The van der Waals surface area contributed by atoms with Crippen molar-refractivity contribution in [3.05, 3.63) is 35.4 Å². The monoisotopic (exact) mass is 400 g/mol. The van der Waals surface area contributed by atoms with Gasteiger partial charge in [0.15, 0.2) is 5.96 Å². The number of aliphatic imine (C=N–C) groups is 1. The van der Waals surface area contributed by atoms with Gasteiger partial charge in [-0.2, -0.15) is 0 Å². The largest absolute Gasteiger partial charge is 0.357 e. The number of guanidine groups is 1. The number of likely N-dealkylation sites (N-methyl/N-ethyl adjacent to an activating group) is 2. The first-order valence-electron chi connectivity index (χ1n) is 11.3. The minimum Gasteiger partial charge on any atom is -0.357 e. The van der Waals surface area contributed by atoms with Crippen LogP contribution in [0.5, 0.6) is 0 Å². The van der Waals surface area contributed by atoms with Gasteiger partial charge in [-0.25, -0.2) is 4.99 Å². The molecule has 0 saturated carbocycles. The molecule has 0 spiro atoms. The number of benzene rings is 1. The molecule has 1 unspecified atom stereocenters. The topological polar surface area (TPSA) is 46.1 Å². The number of hydrogen-bond donors (Lipinski definition) is 2. The summed E-state index contributed by atoms with van der Waals surface area (Å²) in [4.78, 5) is 12.2. The molecular formula is C23H40N6. The molecule has 0 aromatic heterocycles. The summed E-state index contributed by atoms with van der Waals surface area (Å²) >= 11 is 0. The van der Waals surface area contributed by atoms with E-state index in [1.807, 2.05) is 0 Å². The van der Waals surface area contributed by atoms with Gasteiger partial charge in [-0.15, -0.1) is 0 Å². The normalized spacial score (nSPS) is 22.6. The molecule has 3 rings (SSSR count). The molecule has 2 fully saturated rings. The zero-order chi connectivity index (χ0) is 20.5. The second kappa shape index (κ2) is 11.5. The van der Waals surface area contributed by atoms with Gasteiger partial charge in [-0.1, -0.05) is 30.7 Å². The fourth-order valence-corrected chi connectivity index (χ4v) is 4.17. The average Bonchev–Trinajstić information content (AvgIpc) is 2.74. The van der Waals surface area contributed by atoms with Gasteiger partial charge in [0.2, 0.25) is 0 Å². The highest BCUT2D eigenvalue weighted by Crippen LogP contribution is 2.14. The Morgan fingerprint density at radius 2 is 1.69 bits per heavy atom. The lowest BCUT2D eigenvalue weighted by Crippen LogP contribution is -2.55. The maximum absolute atomic E-state index is 4.81. The Bertz CT molecular complexity index is 623. The number of piperazine rings is 1. The van der Waals surface area contributed by atoms with E-state index in [9.17, 15) is 0 Å². The Kier molecular flexibility index (Phi) is 8.77. The highest BCUT2D eigenvalue weighted by atomic mass is 15.3. The zero-order valence-corrected chi connectivity index (χ0v) is 18.7. The molecule has 0 amide bonds. The van der Waals surface area contributed by atoms with Gasteiger partial charge in [0.05, 0.1) is 6.54 Å². The third kappa shape index (κ3) is 7.28. The third-order valence-electron chi connectivity index (χ3n) is 6.13. The summed E-state index contributed by atoms with van der Waals surface area (Å²) < 4.78 is 0. The van der Waals surface area contributed by atoms with Crippen molar-refractivity contribution >= 4 is 5.96 Å². The van der Waals surface area contributed by atoms with Gasteiger partial charge >= 0.3 is 0 Å². The molecule has 29 heavy (non-hydrogen) atoms. The lowest BCUT2D eigenvalue weighted by atomic mass is 10.1. The van der Waals surface area contributed by atoms with Crippen LogP contribution in [-0.2, 0) is 13.1 Å². The molecular weight excluding hydrogens is 360 g/mol. The van der Waals surface area contributed by atoms with Crippen LogP contribution in [-0.4, -0.2) is 86.6 Å². The summed E-state index contributed by atoms with van der Waals surface area (Å²) in [7, 11) is 4.42. The maximum Gasteiger partial charge on any atom is 0.191 e. The van der Waals surface area contributed by atoms with E-state index in [4.69, 9.17) is 4.99 Å². The Balaban J connectivity index is 1.49. The highest BCUT2D eigenvalue weighted by Gasteiger charge is 2.22. The molecule has 2 N–H and O–H groups in total. The van der Waals surface area contributed by atoms with Crippen molar-refractivity contribution in [2.24, 2.45) is 4.99 Å². The molecule has 2 saturated heterocycles. The summed E-state index contributed by atoms with van der Waals surface area (Å²) in [5.74, 6) is 0.909. The SMILES string of the molecule is CCNC(=NCc1ccc(CN2CCCCC2)cc1)NCC1CN(C)CCN1C. The lowest BCUT2D eigenvalue weighted by Gasteiger charge is -2.37. The van der Waals surface area contributed by atoms with Crippen LogP contribution in [0.15, 0.2) is 29.3 Å². The molecule has 1 aromatic rings. The number of nitrogens with one attached hydrogen (secondary N) is 2. The second-order valence-corrected chi connectivity index (χ2v) is 8.63. The number of likely N-dealkylation sites (tertiary alicyclic amines) is 1. The molecule has 1 atom stereocenters. The molecule has 2 heterocycles. The number of hydrogen-bond acceptors (Lipinski definition) is 4. The standard InChI is InChI=1S/C23H40N6/c1-4-24-23(26-17-22-19-27(2)14-15-28(22)3)25-16-20-8-10-21(11-9-20)18-29-12-6-5-7-13-29/h8-11,22H,4-7,12-19H2,1-3H3,(H2,24,25,26). The third-order valence-corrected chi connectivity index (χ3v) is 6.13.